The van der Waals surface area contributed by atoms with Gasteiger partial charge in [0, 0.05) is 4.90 Å². The normalized spacial score (nSPS) is 13.0. The van der Waals surface area contributed by atoms with Crippen molar-refractivity contribution in [3.63, 3.8) is 0 Å². The molecule has 4 nitrogen and oxygen atoms in total. The van der Waals surface area contributed by atoms with E-state index in [0.29, 0.717) is 11.5 Å². The first kappa shape index (κ1) is 20.2. The fraction of sp³-hybridized carbons (Fsp3) is 0.381. The lowest BCUT2D eigenvalue weighted by molar-refractivity contribution is -0.120. The minimum absolute atomic E-state index is 0.0122. The number of thioether (sulfide) groups is 1. The average Bonchev–Trinajstić information content (AvgIpc) is 2.63. The lowest BCUT2D eigenvalue weighted by atomic mass is 10.00. The Bertz CT molecular complexity index is 776. The van der Waals surface area contributed by atoms with Crippen LogP contribution in [0.15, 0.2) is 41.3 Å². The largest absolute Gasteiger partial charge is 0.493 e. The van der Waals surface area contributed by atoms with Crippen LogP contribution in [-0.4, -0.2) is 25.4 Å². The summed E-state index contributed by atoms with van der Waals surface area (Å²) in [6.45, 7) is 8.06. The van der Waals surface area contributed by atoms with E-state index in [-0.39, 0.29) is 17.2 Å². The third kappa shape index (κ3) is 4.94. The monoisotopic (exact) mass is 373 g/mol. The van der Waals surface area contributed by atoms with Gasteiger partial charge >= 0.3 is 0 Å². The predicted octanol–water partition coefficient (Wildman–Crippen LogP) is 4.68. The molecule has 1 amide bonds. The van der Waals surface area contributed by atoms with Crippen molar-refractivity contribution in [3.8, 4) is 11.5 Å². The van der Waals surface area contributed by atoms with E-state index in [1.54, 1.807) is 14.2 Å². The van der Waals surface area contributed by atoms with E-state index in [9.17, 15) is 4.79 Å². The summed E-state index contributed by atoms with van der Waals surface area (Å²) < 4.78 is 10.6. The first-order valence-corrected chi connectivity index (χ1v) is 9.50. The summed E-state index contributed by atoms with van der Waals surface area (Å²) >= 11 is 1.50. The second-order valence-corrected chi connectivity index (χ2v) is 7.78. The number of nitrogens with one attached hydrogen (secondary N) is 1. The van der Waals surface area contributed by atoms with Crippen LogP contribution in [-0.2, 0) is 4.79 Å². The van der Waals surface area contributed by atoms with Gasteiger partial charge < -0.3 is 14.8 Å². The summed E-state index contributed by atoms with van der Waals surface area (Å²) in [7, 11) is 3.21. The highest BCUT2D eigenvalue weighted by Gasteiger charge is 2.19. The van der Waals surface area contributed by atoms with Crippen molar-refractivity contribution >= 4 is 17.7 Å². The number of benzene rings is 2. The van der Waals surface area contributed by atoms with Gasteiger partial charge in [-0.05, 0) is 57.0 Å². The topological polar surface area (TPSA) is 47.6 Å². The minimum atomic E-state index is -0.222. The first-order valence-electron chi connectivity index (χ1n) is 8.62. The van der Waals surface area contributed by atoms with Crippen molar-refractivity contribution in [1.29, 1.82) is 0 Å². The Hall–Kier alpha value is -2.14. The van der Waals surface area contributed by atoms with Gasteiger partial charge in [-0.25, -0.2) is 0 Å². The highest BCUT2D eigenvalue weighted by atomic mass is 32.2. The Labute approximate surface area is 160 Å². The van der Waals surface area contributed by atoms with Gasteiger partial charge in [0.1, 0.15) is 0 Å². The third-order valence-electron chi connectivity index (χ3n) is 4.30. The van der Waals surface area contributed by atoms with Crippen molar-refractivity contribution in [2.45, 2.75) is 43.9 Å². The summed E-state index contributed by atoms with van der Waals surface area (Å²) in [6, 6.07) is 12.0. The van der Waals surface area contributed by atoms with Crippen LogP contribution in [0.5, 0.6) is 11.5 Å². The fourth-order valence-corrected chi connectivity index (χ4v) is 3.69. The van der Waals surface area contributed by atoms with Crippen LogP contribution in [0.1, 0.15) is 36.6 Å². The summed E-state index contributed by atoms with van der Waals surface area (Å²) in [5, 5.41) is 2.90. The van der Waals surface area contributed by atoms with Crippen LogP contribution in [0.25, 0.3) is 0 Å². The minimum Gasteiger partial charge on any atom is -0.493 e. The third-order valence-corrected chi connectivity index (χ3v) is 5.39. The molecule has 2 aromatic rings. The number of hydrogen-bond donors (Lipinski definition) is 1. The van der Waals surface area contributed by atoms with Crippen LogP contribution >= 0.6 is 11.8 Å². The van der Waals surface area contributed by atoms with Crippen molar-refractivity contribution in [2.75, 3.05) is 14.2 Å². The SMILES string of the molecule is COc1ccc(S[C@@H](C)C(=O)N[C@H](C)c2cc(C)ccc2C)cc1OC. The molecule has 0 spiro atoms. The molecule has 2 atom stereocenters. The molecule has 0 saturated carbocycles. The Balaban J connectivity index is 2.04. The summed E-state index contributed by atoms with van der Waals surface area (Å²) in [6.07, 6.45) is 0. The number of amides is 1. The van der Waals surface area contributed by atoms with Crippen LogP contribution in [0, 0.1) is 13.8 Å². The number of methoxy groups -OCH3 is 2. The van der Waals surface area contributed by atoms with Crippen molar-refractivity contribution in [3.05, 3.63) is 53.1 Å². The molecule has 26 heavy (non-hydrogen) atoms. The van der Waals surface area contributed by atoms with E-state index in [1.165, 1.54) is 22.9 Å². The second kappa shape index (κ2) is 8.99. The Morgan fingerprint density at radius 2 is 1.69 bits per heavy atom. The summed E-state index contributed by atoms with van der Waals surface area (Å²) in [5.74, 6) is 1.35. The molecule has 0 fully saturated rings. The highest BCUT2D eigenvalue weighted by molar-refractivity contribution is 8.00. The zero-order chi connectivity index (χ0) is 19.3. The van der Waals surface area contributed by atoms with E-state index in [4.69, 9.17) is 9.47 Å². The lowest BCUT2D eigenvalue weighted by Crippen LogP contribution is -2.33. The van der Waals surface area contributed by atoms with Crippen LogP contribution in [0.2, 0.25) is 0 Å². The quantitative estimate of drug-likeness (QED) is 0.716. The fourth-order valence-electron chi connectivity index (χ4n) is 2.78. The van der Waals surface area contributed by atoms with E-state index in [2.05, 4.69) is 37.4 Å². The van der Waals surface area contributed by atoms with Gasteiger partial charge in [-0.2, -0.15) is 0 Å². The summed E-state index contributed by atoms with van der Waals surface area (Å²) in [4.78, 5) is 13.6. The molecule has 2 aromatic carbocycles. The molecule has 0 aromatic heterocycles. The number of carbonyl (C=O) groups is 1. The van der Waals surface area contributed by atoms with Crippen molar-refractivity contribution in [2.24, 2.45) is 0 Å². The van der Waals surface area contributed by atoms with E-state index in [0.717, 1.165) is 10.5 Å². The zero-order valence-electron chi connectivity index (χ0n) is 16.3. The molecule has 5 heteroatoms. The number of carbonyl (C=O) groups excluding carboxylic acids is 1. The molecule has 0 saturated heterocycles. The highest BCUT2D eigenvalue weighted by Crippen LogP contribution is 2.33. The number of hydrogen-bond acceptors (Lipinski definition) is 4. The average molecular weight is 374 g/mol. The predicted molar refractivity (Wildman–Crippen MR) is 107 cm³/mol. The standard InChI is InChI=1S/C21H27NO3S/c1-13-7-8-14(2)18(11-13)15(3)22-21(23)16(4)26-17-9-10-19(24-5)20(12-17)25-6/h7-12,15-16H,1-6H3,(H,22,23)/t15-,16+/m1/s1. The lowest BCUT2D eigenvalue weighted by Gasteiger charge is -2.20. The molecule has 0 bridgehead atoms. The number of ether oxygens (including phenoxy) is 2. The maximum Gasteiger partial charge on any atom is 0.233 e. The molecule has 1 N–H and O–H groups in total. The molecule has 0 heterocycles. The molecule has 0 unspecified atom stereocenters. The van der Waals surface area contributed by atoms with Gasteiger partial charge in [0.25, 0.3) is 0 Å². The van der Waals surface area contributed by atoms with Crippen LogP contribution in [0.3, 0.4) is 0 Å². The van der Waals surface area contributed by atoms with Crippen LogP contribution < -0.4 is 14.8 Å². The summed E-state index contributed by atoms with van der Waals surface area (Å²) in [5.41, 5.74) is 3.53. The molecule has 2 rings (SSSR count). The number of aryl methyl sites for hydroxylation is 2. The molecule has 0 aliphatic heterocycles. The van der Waals surface area contributed by atoms with E-state index < -0.39 is 0 Å². The van der Waals surface area contributed by atoms with Crippen molar-refractivity contribution < 1.29 is 14.3 Å². The smallest absolute Gasteiger partial charge is 0.233 e. The van der Waals surface area contributed by atoms with E-state index in [1.807, 2.05) is 32.0 Å². The van der Waals surface area contributed by atoms with Gasteiger partial charge in [0.05, 0.1) is 25.5 Å². The maximum atomic E-state index is 12.6. The van der Waals surface area contributed by atoms with Gasteiger partial charge in [0.2, 0.25) is 5.91 Å². The first-order chi connectivity index (χ1) is 12.3. The molecular weight excluding hydrogens is 346 g/mol. The molecule has 0 aliphatic rings. The molecular formula is C21H27NO3S. The van der Waals surface area contributed by atoms with Crippen molar-refractivity contribution in [1.82, 2.24) is 5.32 Å². The Kier molecular flexibility index (Phi) is 6.98. The van der Waals surface area contributed by atoms with Gasteiger partial charge in [-0.15, -0.1) is 11.8 Å². The zero-order valence-corrected chi connectivity index (χ0v) is 17.1. The molecule has 140 valence electrons. The maximum absolute atomic E-state index is 12.6. The van der Waals surface area contributed by atoms with Gasteiger partial charge in [-0.3, -0.25) is 4.79 Å². The van der Waals surface area contributed by atoms with Gasteiger partial charge in [0.15, 0.2) is 11.5 Å². The van der Waals surface area contributed by atoms with E-state index >= 15 is 0 Å². The van der Waals surface area contributed by atoms with Crippen LogP contribution in [0.4, 0.5) is 0 Å². The molecule has 0 aliphatic carbocycles. The Morgan fingerprint density at radius 3 is 2.35 bits per heavy atom. The number of rotatable bonds is 7. The molecule has 0 radical (unpaired) electrons. The second-order valence-electron chi connectivity index (χ2n) is 6.37. The van der Waals surface area contributed by atoms with Gasteiger partial charge in [-0.1, -0.05) is 23.8 Å². The Morgan fingerprint density at radius 1 is 1.00 bits per heavy atom.